The molecule has 0 bridgehead atoms. The van der Waals surface area contributed by atoms with Crippen molar-refractivity contribution in [2.45, 2.75) is 13.8 Å². The highest BCUT2D eigenvalue weighted by molar-refractivity contribution is 7.86. The SMILES string of the molecule is CC(C)/C(CO)=C(\S)Cl. The molecule has 0 aromatic heterocycles. The van der Waals surface area contributed by atoms with Crippen molar-refractivity contribution in [3.05, 3.63) is 9.94 Å². The van der Waals surface area contributed by atoms with Crippen LogP contribution in [0.1, 0.15) is 13.8 Å². The Labute approximate surface area is 66.1 Å². The van der Waals surface area contributed by atoms with Gasteiger partial charge in [0.1, 0.15) is 0 Å². The molecule has 0 saturated carbocycles. The van der Waals surface area contributed by atoms with Gasteiger partial charge in [-0.1, -0.05) is 25.4 Å². The minimum atomic E-state index is 0. The molecule has 0 radical (unpaired) electrons. The van der Waals surface area contributed by atoms with Gasteiger partial charge in [0.05, 0.1) is 11.0 Å². The normalized spacial score (nSPS) is 14.0. The van der Waals surface area contributed by atoms with E-state index in [1.54, 1.807) is 0 Å². The van der Waals surface area contributed by atoms with E-state index in [1.807, 2.05) is 13.8 Å². The van der Waals surface area contributed by atoms with Crippen LogP contribution < -0.4 is 0 Å². The van der Waals surface area contributed by atoms with Gasteiger partial charge in [0.2, 0.25) is 0 Å². The molecule has 0 aromatic rings. The number of hydrogen-bond acceptors (Lipinski definition) is 2. The summed E-state index contributed by atoms with van der Waals surface area (Å²) in [7, 11) is 0. The third-order valence-corrected chi connectivity index (χ3v) is 1.66. The van der Waals surface area contributed by atoms with Gasteiger partial charge < -0.3 is 5.11 Å². The number of halogens is 1. The first-order valence-electron chi connectivity index (χ1n) is 2.78. The van der Waals surface area contributed by atoms with E-state index in [4.69, 9.17) is 16.7 Å². The van der Waals surface area contributed by atoms with E-state index in [0.29, 0.717) is 4.36 Å². The van der Waals surface area contributed by atoms with Gasteiger partial charge in [-0.25, -0.2) is 0 Å². The quantitative estimate of drug-likeness (QED) is 0.602. The molecule has 0 aliphatic heterocycles. The molecule has 3 heteroatoms. The minimum Gasteiger partial charge on any atom is -0.392 e. The summed E-state index contributed by atoms with van der Waals surface area (Å²) >= 11 is 9.42. The van der Waals surface area contributed by atoms with Gasteiger partial charge in [-0.05, 0) is 11.5 Å². The fourth-order valence-electron chi connectivity index (χ4n) is 0.486. The molecule has 0 saturated heterocycles. The van der Waals surface area contributed by atoms with Crippen molar-refractivity contribution in [2.24, 2.45) is 5.92 Å². The highest BCUT2D eigenvalue weighted by Crippen LogP contribution is 2.19. The summed E-state index contributed by atoms with van der Waals surface area (Å²) < 4.78 is 0.410. The van der Waals surface area contributed by atoms with Crippen LogP contribution in [0.5, 0.6) is 0 Å². The highest BCUT2D eigenvalue weighted by atomic mass is 35.5. The van der Waals surface area contributed by atoms with Crippen LogP contribution >= 0.6 is 24.2 Å². The van der Waals surface area contributed by atoms with Crippen LogP contribution in [0.2, 0.25) is 0 Å². The summed E-state index contributed by atoms with van der Waals surface area (Å²) in [5.41, 5.74) is 0.792. The van der Waals surface area contributed by atoms with E-state index < -0.39 is 0 Å². The second-order valence-electron chi connectivity index (χ2n) is 2.13. The molecule has 0 spiro atoms. The van der Waals surface area contributed by atoms with Gasteiger partial charge in [0, 0.05) is 0 Å². The number of aliphatic hydroxyl groups excluding tert-OH is 1. The van der Waals surface area contributed by atoms with Crippen LogP contribution in [0.15, 0.2) is 9.94 Å². The van der Waals surface area contributed by atoms with Gasteiger partial charge in [-0.15, -0.1) is 12.6 Å². The average molecular weight is 167 g/mol. The number of thiol groups is 1. The molecule has 0 atom stereocenters. The summed E-state index contributed by atoms with van der Waals surface area (Å²) in [5, 5.41) is 8.68. The number of rotatable bonds is 2. The third-order valence-electron chi connectivity index (χ3n) is 1.13. The molecular weight excluding hydrogens is 156 g/mol. The smallest absolute Gasteiger partial charge is 0.0721 e. The van der Waals surface area contributed by atoms with Crippen molar-refractivity contribution >= 4 is 24.2 Å². The van der Waals surface area contributed by atoms with Crippen LogP contribution in [0, 0.1) is 5.92 Å². The first kappa shape index (κ1) is 9.34. The monoisotopic (exact) mass is 166 g/mol. The van der Waals surface area contributed by atoms with Gasteiger partial charge in [0.15, 0.2) is 0 Å². The van der Waals surface area contributed by atoms with Crippen LogP contribution in [0.4, 0.5) is 0 Å². The average Bonchev–Trinajstić information content (AvgIpc) is 1.64. The summed E-state index contributed by atoms with van der Waals surface area (Å²) in [6, 6.07) is 0. The van der Waals surface area contributed by atoms with Crippen molar-refractivity contribution in [3.63, 3.8) is 0 Å². The lowest BCUT2D eigenvalue weighted by atomic mass is 10.1. The fourth-order valence-corrected chi connectivity index (χ4v) is 1.09. The lowest BCUT2D eigenvalue weighted by molar-refractivity contribution is 0.319. The Morgan fingerprint density at radius 2 is 2.11 bits per heavy atom. The van der Waals surface area contributed by atoms with Crippen LogP contribution in [-0.2, 0) is 0 Å². The largest absolute Gasteiger partial charge is 0.392 e. The standard InChI is InChI=1S/C6H11ClOS/c1-4(2)5(3-8)6(7)9/h4,8-9H,3H2,1-2H3/b6-5-. The van der Waals surface area contributed by atoms with E-state index >= 15 is 0 Å². The van der Waals surface area contributed by atoms with E-state index in [2.05, 4.69) is 12.6 Å². The van der Waals surface area contributed by atoms with Crippen LogP contribution in [0.25, 0.3) is 0 Å². The summed E-state index contributed by atoms with van der Waals surface area (Å²) in [5.74, 6) is 0.278. The molecule has 0 aliphatic rings. The Balaban J connectivity index is 4.16. The Hall–Kier alpha value is 0.340. The first-order valence-corrected chi connectivity index (χ1v) is 3.60. The molecule has 0 amide bonds. The predicted octanol–water partition coefficient (Wildman–Crippen LogP) is 2.01. The van der Waals surface area contributed by atoms with Crippen molar-refractivity contribution in [3.8, 4) is 0 Å². The number of aliphatic hydroxyl groups is 1. The molecule has 0 heterocycles. The summed E-state index contributed by atoms with van der Waals surface area (Å²) in [6.45, 7) is 3.92. The highest BCUT2D eigenvalue weighted by Gasteiger charge is 2.03. The van der Waals surface area contributed by atoms with E-state index in [0.717, 1.165) is 5.57 Å². The van der Waals surface area contributed by atoms with Crippen molar-refractivity contribution in [1.82, 2.24) is 0 Å². The molecule has 0 rings (SSSR count). The lowest BCUT2D eigenvalue weighted by Gasteiger charge is -2.07. The molecule has 0 aliphatic carbocycles. The molecule has 1 N–H and O–H groups in total. The molecule has 0 aromatic carbocycles. The van der Waals surface area contributed by atoms with Gasteiger partial charge in [-0.2, -0.15) is 0 Å². The van der Waals surface area contributed by atoms with Crippen LogP contribution in [0.3, 0.4) is 0 Å². The zero-order valence-corrected chi connectivity index (χ0v) is 7.21. The Morgan fingerprint density at radius 3 is 2.11 bits per heavy atom. The third kappa shape index (κ3) is 3.14. The van der Waals surface area contributed by atoms with Crippen molar-refractivity contribution in [2.75, 3.05) is 6.61 Å². The van der Waals surface area contributed by atoms with E-state index in [-0.39, 0.29) is 12.5 Å². The zero-order valence-electron chi connectivity index (χ0n) is 5.56. The molecule has 1 nitrogen and oxygen atoms in total. The second kappa shape index (κ2) is 4.20. The van der Waals surface area contributed by atoms with E-state index in [1.165, 1.54) is 0 Å². The van der Waals surface area contributed by atoms with Crippen molar-refractivity contribution in [1.29, 1.82) is 0 Å². The van der Waals surface area contributed by atoms with Gasteiger partial charge >= 0.3 is 0 Å². The topological polar surface area (TPSA) is 20.2 Å². The van der Waals surface area contributed by atoms with Gasteiger partial charge in [0.25, 0.3) is 0 Å². The molecule has 0 fully saturated rings. The summed E-state index contributed by atoms with van der Waals surface area (Å²) in [6.07, 6.45) is 0. The van der Waals surface area contributed by atoms with Crippen LogP contribution in [-0.4, -0.2) is 11.7 Å². The second-order valence-corrected chi connectivity index (χ2v) is 3.22. The number of hydrogen-bond donors (Lipinski definition) is 2. The maximum Gasteiger partial charge on any atom is 0.0721 e. The maximum absolute atomic E-state index is 8.68. The first-order chi connectivity index (χ1) is 4.09. The Bertz CT molecular complexity index is 116. The Morgan fingerprint density at radius 1 is 1.67 bits per heavy atom. The fraction of sp³-hybridized carbons (Fsp3) is 0.667. The summed E-state index contributed by atoms with van der Waals surface area (Å²) in [4.78, 5) is 0. The van der Waals surface area contributed by atoms with Gasteiger partial charge in [-0.3, -0.25) is 0 Å². The minimum absolute atomic E-state index is 0. The molecule has 0 unspecified atom stereocenters. The predicted molar refractivity (Wildman–Crippen MR) is 43.8 cm³/mol. The van der Waals surface area contributed by atoms with E-state index in [9.17, 15) is 0 Å². The molecule has 9 heavy (non-hydrogen) atoms. The Kier molecular flexibility index (Phi) is 4.36. The van der Waals surface area contributed by atoms with Crippen molar-refractivity contribution < 1.29 is 5.11 Å². The molecule has 54 valence electrons. The zero-order chi connectivity index (χ0) is 7.44. The molecular formula is C6H11ClOS. The maximum atomic E-state index is 8.68. The lowest BCUT2D eigenvalue weighted by Crippen LogP contribution is -1.99.